The minimum Gasteiger partial charge on any atom is -0.272 e. The molecule has 0 spiro atoms. The van der Waals surface area contributed by atoms with Gasteiger partial charge in [0.1, 0.15) is 0 Å². The van der Waals surface area contributed by atoms with E-state index in [9.17, 15) is 32.9 Å². The zero-order valence-corrected chi connectivity index (χ0v) is 17.0. The molecule has 1 aromatic carbocycles. The Bertz CT molecular complexity index is 968. The van der Waals surface area contributed by atoms with Gasteiger partial charge in [-0.05, 0) is 49.4 Å². The van der Waals surface area contributed by atoms with Gasteiger partial charge in [-0.3, -0.25) is 30.6 Å². The number of alkyl halides is 3. The summed E-state index contributed by atoms with van der Waals surface area (Å²) in [7, 11) is 0. The van der Waals surface area contributed by atoms with Crippen molar-refractivity contribution in [3.05, 3.63) is 55.3 Å². The molecule has 0 radical (unpaired) electrons. The Hall–Kier alpha value is -2.60. The molecule has 0 saturated heterocycles. The van der Waals surface area contributed by atoms with E-state index in [0.29, 0.717) is 28.8 Å². The molecule has 12 heteroatoms. The van der Waals surface area contributed by atoms with Gasteiger partial charge in [-0.1, -0.05) is 0 Å². The van der Waals surface area contributed by atoms with Crippen molar-refractivity contribution in [2.24, 2.45) is 0 Å². The molecule has 0 atom stereocenters. The minimum atomic E-state index is -4.71. The molecular formula is C18H16F3N3O4S2. The number of hydrogen-bond donors (Lipinski definition) is 2. The standard InChI is InChI=1S/C18H16F3N3O4S2/c19-18(20,21)11-5-6-14(12(8-11)24(27)28)29-9-16(25)22-23-17(26)15-7-10-3-1-2-4-13(10)30-15/h5-8H,1-4,9H2,(H,22,25)(H,23,26). The van der Waals surface area contributed by atoms with E-state index in [2.05, 4.69) is 10.9 Å². The van der Waals surface area contributed by atoms with Gasteiger partial charge in [0.25, 0.3) is 11.6 Å². The maximum atomic E-state index is 12.7. The Kier molecular flexibility index (Phi) is 6.66. The Balaban J connectivity index is 1.56. The number of thioether (sulfide) groups is 1. The van der Waals surface area contributed by atoms with Crippen LogP contribution in [0.1, 0.15) is 38.5 Å². The first kappa shape index (κ1) is 22.1. The molecule has 2 amide bonds. The van der Waals surface area contributed by atoms with Gasteiger partial charge in [0.15, 0.2) is 0 Å². The first-order chi connectivity index (χ1) is 14.1. The molecule has 2 aromatic rings. The smallest absolute Gasteiger partial charge is 0.272 e. The third kappa shape index (κ3) is 5.30. The Morgan fingerprint density at radius 3 is 2.57 bits per heavy atom. The van der Waals surface area contributed by atoms with Crippen LogP contribution in [0.4, 0.5) is 18.9 Å². The second-order valence-corrected chi connectivity index (χ2v) is 8.65. The van der Waals surface area contributed by atoms with E-state index < -0.39 is 34.2 Å². The van der Waals surface area contributed by atoms with Gasteiger partial charge in [-0.15, -0.1) is 23.1 Å². The molecule has 0 aliphatic heterocycles. The molecule has 0 saturated carbocycles. The second kappa shape index (κ2) is 9.04. The number of nitro benzene ring substituents is 1. The summed E-state index contributed by atoms with van der Waals surface area (Å²) in [6.07, 6.45) is -0.694. The number of hydrazine groups is 1. The van der Waals surface area contributed by atoms with Crippen molar-refractivity contribution in [1.82, 2.24) is 10.9 Å². The number of nitrogens with one attached hydrogen (secondary N) is 2. The third-order valence-electron chi connectivity index (χ3n) is 4.38. The van der Waals surface area contributed by atoms with Crippen molar-refractivity contribution in [2.75, 3.05) is 5.75 Å². The van der Waals surface area contributed by atoms with Crippen molar-refractivity contribution in [3.63, 3.8) is 0 Å². The lowest BCUT2D eigenvalue weighted by molar-refractivity contribution is -0.388. The van der Waals surface area contributed by atoms with Gasteiger partial charge >= 0.3 is 6.18 Å². The van der Waals surface area contributed by atoms with Crippen LogP contribution in [0.2, 0.25) is 0 Å². The summed E-state index contributed by atoms with van der Waals surface area (Å²) in [5.74, 6) is -1.44. The average molecular weight is 459 g/mol. The third-order valence-corrected chi connectivity index (χ3v) is 6.68. The molecule has 1 heterocycles. The first-order valence-electron chi connectivity index (χ1n) is 8.84. The number of thiophene rings is 1. The van der Waals surface area contributed by atoms with E-state index in [0.717, 1.165) is 37.3 Å². The fourth-order valence-electron chi connectivity index (χ4n) is 2.93. The summed E-state index contributed by atoms with van der Waals surface area (Å²) in [4.78, 5) is 35.9. The lowest BCUT2D eigenvalue weighted by atomic mass is 9.99. The Morgan fingerprint density at radius 2 is 1.90 bits per heavy atom. The molecule has 30 heavy (non-hydrogen) atoms. The number of hydrogen-bond acceptors (Lipinski definition) is 6. The van der Waals surface area contributed by atoms with Gasteiger partial charge in [-0.2, -0.15) is 13.2 Å². The summed E-state index contributed by atoms with van der Waals surface area (Å²) < 4.78 is 38.2. The molecule has 1 aliphatic rings. The van der Waals surface area contributed by atoms with E-state index in [-0.39, 0.29) is 10.6 Å². The van der Waals surface area contributed by atoms with Crippen molar-refractivity contribution in [2.45, 2.75) is 36.8 Å². The number of carbonyl (C=O) groups excluding carboxylic acids is 2. The first-order valence-corrected chi connectivity index (χ1v) is 10.6. The van der Waals surface area contributed by atoms with Crippen molar-refractivity contribution in [3.8, 4) is 0 Å². The summed E-state index contributed by atoms with van der Waals surface area (Å²) in [5, 5.41) is 11.1. The van der Waals surface area contributed by atoms with Gasteiger partial charge < -0.3 is 0 Å². The predicted molar refractivity (Wildman–Crippen MR) is 105 cm³/mol. The largest absolute Gasteiger partial charge is 0.416 e. The monoisotopic (exact) mass is 459 g/mol. The molecule has 0 bridgehead atoms. The number of nitro groups is 1. The lowest BCUT2D eigenvalue weighted by Gasteiger charge is -2.09. The van der Waals surface area contributed by atoms with Crippen LogP contribution in [0, 0.1) is 10.1 Å². The van der Waals surface area contributed by atoms with Crippen molar-refractivity contribution < 1.29 is 27.7 Å². The summed E-state index contributed by atoms with van der Waals surface area (Å²) in [5.41, 5.74) is 3.76. The molecular weight excluding hydrogens is 443 g/mol. The van der Waals surface area contributed by atoms with Crippen LogP contribution in [0.5, 0.6) is 0 Å². The minimum absolute atomic E-state index is 0.0830. The van der Waals surface area contributed by atoms with Gasteiger partial charge in [0.05, 0.1) is 26.0 Å². The molecule has 160 valence electrons. The SMILES string of the molecule is O=C(CSc1ccc(C(F)(F)F)cc1[N+](=O)[O-])NNC(=O)c1cc2c(s1)CCCC2. The number of rotatable bonds is 5. The Labute approximate surface area is 177 Å². The van der Waals surface area contributed by atoms with E-state index in [4.69, 9.17) is 0 Å². The maximum Gasteiger partial charge on any atom is 0.416 e. The fraction of sp³-hybridized carbons (Fsp3) is 0.333. The van der Waals surface area contributed by atoms with Crippen LogP contribution < -0.4 is 10.9 Å². The van der Waals surface area contributed by atoms with Crippen LogP contribution in [0.15, 0.2) is 29.2 Å². The summed E-state index contributed by atoms with van der Waals surface area (Å²) in [6, 6.07) is 3.91. The maximum absolute atomic E-state index is 12.7. The number of nitrogens with zero attached hydrogens (tertiary/aromatic N) is 1. The molecule has 2 N–H and O–H groups in total. The normalized spacial score (nSPS) is 13.4. The molecule has 7 nitrogen and oxygen atoms in total. The van der Waals surface area contributed by atoms with Crippen LogP contribution in [0.25, 0.3) is 0 Å². The zero-order valence-electron chi connectivity index (χ0n) is 15.4. The molecule has 3 rings (SSSR count). The Morgan fingerprint density at radius 1 is 1.17 bits per heavy atom. The molecule has 0 unspecified atom stereocenters. The van der Waals surface area contributed by atoms with Crippen molar-refractivity contribution >= 4 is 40.6 Å². The highest BCUT2D eigenvalue weighted by atomic mass is 32.2. The van der Waals surface area contributed by atoms with E-state index in [1.165, 1.54) is 16.2 Å². The number of benzene rings is 1. The summed E-state index contributed by atoms with van der Waals surface area (Å²) in [6.45, 7) is 0. The van der Waals surface area contributed by atoms with Crippen molar-refractivity contribution in [1.29, 1.82) is 0 Å². The van der Waals surface area contributed by atoms with E-state index >= 15 is 0 Å². The highest BCUT2D eigenvalue weighted by Gasteiger charge is 2.33. The van der Waals surface area contributed by atoms with Crippen LogP contribution in [-0.4, -0.2) is 22.5 Å². The number of fused-ring (bicyclic) bond motifs is 1. The van der Waals surface area contributed by atoms with Crippen LogP contribution >= 0.6 is 23.1 Å². The van der Waals surface area contributed by atoms with Crippen LogP contribution in [0.3, 0.4) is 0 Å². The predicted octanol–water partition coefficient (Wildman–Crippen LogP) is 4.11. The van der Waals surface area contributed by atoms with E-state index in [1.807, 2.05) is 0 Å². The van der Waals surface area contributed by atoms with E-state index in [1.54, 1.807) is 6.07 Å². The summed E-state index contributed by atoms with van der Waals surface area (Å²) >= 11 is 2.08. The number of carbonyl (C=O) groups is 2. The number of amides is 2. The number of halogens is 3. The lowest BCUT2D eigenvalue weighted by Crippen LogP contribution is -2.42. The molecule has 1 aromatic heterocycles. The quantitative estimate of drug-likeness (QED) is 0.398. The van der Waals surface area contributed by atoms with Crippen LogP contribution in [-0.2, 0) is 23.8 Å². The molecule has 0 fully saturated rings. The van der Waals surface area contributed by atoms with Gasteiger partial charge in [0, 0.05) is 10.9 Å². The average Bonchev–Trinajstić information content (AvgIpc) is 3.14. The highest BCUT2D eigenvalue weighted by molar-refractivity contribution is 8.00. The fourth-order valence-corrected chi connectivity index (χ4v) is 4.88. The number of aryl methyl sites for hydroxylation is 2. The van der Waals surface area contributed by atoms with Gasteiger partial charge in [0.2, 0.25) is 5.91 Å². The second-order valence-electron chi connectivity index (χ2n) is 6.49. The van der Waals surface area contributed by atoms with Gasteiger partial charge in [-0.25, -0.2) is 0 Å². The topological polar surface area (TPSA) is 101 Å². The zero-order chi connectivity index (χ0) is 21.9. The highest BCUT2D eigenvalue weighted by Crippen LogP contribution is 2.36. The molecule has 1 aliphatic carbocycles.